The first-order valence-corrected chi connectivity index (χ1v) is 6.82. The maximum Gasteiger partial charge on any atom is 0.405 e. The van der Waals surface area contributed by atoms with Gasteiger partial charge in [0.2, 0.25) is 0 Å². The Morgan fingerprint density at radius 2 is 1.87 bits per heavy atom. The highest BCUT2D eigenvalue weighted by Crippen LogP contribution is 2.16. The summed E-state index contributed by atoms with van der Waals surface area (Å²) in [5.74, 6) is -1.42. The van der Waals surface area contributed by atoms with E-state index in [2.05, 4.69) is 0 Å². The molecule has 0 fully saturated rings. The predicted molar refractivity (Wildman–Crippen MR) is 76.0 cm³/mol. The standard InChI is InChI=1S/C15H18F3NO4/c1-9-4-5-12(6-10(9)2)22-7-13(20)23-11(3)14(21)19-8-15(16,17)18/h4-6,11H,7-8H2,1-3H3,(H,19,21)/t11-/m0/s1. The van der Waals surface area contributed by atoms with Crippen LogP contribution < -0.4 is 10.1 Å². The Labute approximate surface area is 131 Å². The van der Waals surface area contributed by atoms with E-state index in [9.17, 15) is 22.8 Å². The number of benzene rings is 1. The minimum Gasteiger partial charge on any atom is -0.482 e. The van der Waals surface area contributed by atoms with Crippen LogP contribution in [0, 0.1) is 13.8 Å². The van der Waals surface area contributed by atoms with Gasteiger partial charge < -0.3 is 14.8 Å². The Bertz CT molecular complexity index is 572. The Kier molecular flexibility index (Phi) is 6.41. The molecule has 0 radical (unpaired) electrons. The van der Waals surface area contributed by atoms with Crippen LogP contribution in [0.25, 0.3) is 0 Å². The van der Waals surface area contributed by atoms with Gasteiger partial charge in [-0.1, -0.05) is 6.07 Å². The number of nitrogens with one attached hydrogen (secondary N) is 1. The van der Waals surface area contributed by atoms with Gasteiger partial charge in [-0.05, 0) is 44.0 Å². The zero-order chi connectivity index (χ0) is 17.6. The molecule has 0 aliphatic heterocycles. The van der Waals surface area contributed by atoms with Crippen molar-refractivity contribution in [1.29, 1.82) is 0 Å². The first kappa shape index (κ1) is 18.8. The Morgan fingerprint density at radius 1 is 1.22 bits per heavy atom. The monoisotopic (exact) mass is 333 g/mol. The van der Waals surface area contributed by atoms with Gasteiger partial charge in [0, 0.05) is 0 Å². The molecule has 1 aromatic rings. The summed E-state index contributed by atoms with van der Waals surface area (Å²) >= 11 is 0. The topological polar surface area (TPSA) is 64.6 Å². The molecule has 0 bridgehead atoms. The van der Waals surface area contributed by atoms with Crippen molar-refractivity contribution in [2.45, 2.75) is 33.1 Å². The van der Waals surface area contributed by atoms with E-state index in [0.29, 0.717) is 5.75 Å². The van der Waals surface area contributed by atoms with Crippen molar-refractivity contribution in [3.63, 3.8) is 0 Å². The summed E-state index contributed by atoms with van der Waals surface area (Å²) in [6, 6.07) is 5.24. The minimum absolute atomic E-state index is 0.445. The highest BCUT2D eigenvalue weighted by atomic mass is 19.4. The molecule has 0 saturated heterocycles. The maximum atomic E-state index is 12.0. The molecular formula is C15H18F3NO4. The number of hydrogen-bond acceptors (Lipinski definition) is 4. The molecule has 1 aromatic carbocycles. The number of aryl methyl sites for hydroxylation is 2. The van der Waals surface area contributed by atoms with Crippen LogP contribution in [-0.2, 0) is 14.3 Å². The summed E-state index contributed by atoms with van der Waals surface area (Å²) in [4.78, 5) is 22.9. The Morgan fingerprint density at radius 3 is 2.43 bits per heavy atom. The van der Waals surface area contributed by atoms with E-state index in [1.165, 1.54) is 6.92 Å². The molecule has 1 N–H and O–H groups in total. The third kappa shape index (κ3) is 7.03. The lowest BCUT2D eigenvalue weighted by Crippen LogP contribution is -2.41. The second-order valence-electron chi connectivity index (χ2n) is 5.00. The molecule has 128 valence electrons. The summed E-state index contributed by atoms with van der Waals surface area (Å²) in [5, 5.41) is 1.63. The fourth-order valence-corrected chi connectivity index (χ4v) is 1.56. The van der Waals surface area contributed by atoms with Crippen LogP contribution in [0.1, 0.15) is 18.1 Å². The smallest absolute Gasteiger partial charge is 0.405 e. The molecule has 1 amide bonds. The summed E-state index contributed by atoms with van der Waals surface area (Å²) in [5.41, 5.74) is 2.05. The number of halogens is 3. The van der Waals surface area contributed by atoms with Crippen molar-refractivity contribution in [2.75, 3.05) is 13.2 Å². The number of ether oxygens (including phenoxy) is 2. The van der Waals surface area contributed by atoms with Crippen LogP contribution in [0.4, 0.5) is 13.2 Å². The number of hydrogen-bond donors (Lipinski definition) is 1. The fourth-order valence-electron chi connectivity index (χ4n) is 1.56. The summed E-state index contributed by atoms with van der Waals surface area (Å²) in [6.45, 7) is 3.06. The average molecular weight is 333 g/mol. The quantitative estimate of drug-likeness (QED) is 0.811. The molecule has 0 spiro atoms. The van der Waals surface area contributed by atoms with Gasteiger partial charge in [-0.25, -0.2) is 4.79 Å². The van der Waals surface area contributed by atoms with E-state index < -0.39 is 37.3 Å². The average Bonchev–Trinajstić information content (AvgIpc) is 2.45. The molecule has 0 heterocycles. The molecule has 5 nitrogen and oxygen atoms in total. The maximum absolute atomic E-state index is 12.0. The van der Waals surface area contributed by atoms with Crippen molar-refractivity contribution in [3.05, 3.63) is 29.3 Å². The lowest BCUT2D eigenvalue weighted by atomic mass is 10.1. The van der Waals surface area contributed by atoms with Gasteiger partial charge in [0.15, 0.2) is 12.7 Å². The van der Waals surface area contributed by atoms with Gasteiger partial charge in [0.1, 0.15) is 12.3 Å². The van der Waals surface area contributed by atoms with Gasteiger partial charge in [0.25, 0.3) is 5.91 Å². The van der Waals surface area contributed by atoms with Crippen LogP contribution in [0.15, 0.2) is 18.2 Å². The van der Waals surface area contributed by atoms with Crippen molar-refractivity contribution >= 4 is 11.9 Å². The third-order valence-corrected chi connectivity index (χ3v) is 2.98. The number of carbonyl (C=O) groups is 2. The molecular weight excluding hydrogens is 315 g/mol. The van der Waals surface area contributed by atoms with Crippen LogP contribution >= 0.6 is 0 Å². The minimum atomic E-state index is -4.52. The van der Waals surface area contributed by atoms with Crippen molar-refractivity contribution in [2.24, 2.45) is 0 Å². The lowest BCUT2D eigenvalue weighted by Gasteiger charge is -2.15. The first-order valence-electron chi connectivity index (χ1n) is 6.82. The molecule has 0 saturated carbocycles. The molecule has 0 aromatic heterocycles. The molecule has 0 unspecified atom stereocenters. The fraction of sp³-hybridized carbons (Fsp3) is 0.467. The lowest BCUT2D eigenvalue weighted by molar-refractivity contribution is -0.159. The van der Waals surface area contributed by atoms with Crippen molar-refractivity contribution in [3.8, 4) is 5.75 Å². The largest absolute Gasteiger partial charge is 0.482 e. The summed E-state index contributed by atoms with van der Waals surface area (Å²) in [7, 11) is 0. The number of amides is 1. The van der Waals surface area contributed by atoms with Gasteiger partial charge >= 0.3 is 12.1 Å². The molecule has 23 heavy (non-hydrogen) atoms. The number of esters is 1. The third-order valence-electron chi connectivity index (χ3n) is 2.98. The van der Waals surface area contributed by atoms with Crippen LogP contribution in [0.5, 0.6) is 5.75 Å². The highest BCUT2D eigenvalue weighted by molar-refractivity contribution is 5.83. The first-order chi connectivity index (χ1) is 10.6. The summed E-state index contributed by atoms with van der Waals surface area (Å²) < 4.78 is 45.8. The SMILES string of the molecule is Cc1ccc(OCC(=O)O[C@@H](C)C(=O)NCC(F)(F)F)cc1C. The second kappa shape index (κ2) is 7.85. The molecule has 1 atom stereocenters. The molecule has 0 aliphatic carbocycles. The predicted octanol–water partition coefficient (Wildman–Crippen LogP) is 2.29. The second-order valence-corrected chi connectivity index (χ2v) is 5.00. The van der Waals surface area contributed by atoms with Gasteiger partial charge in [-0.3, -0.25) is 4.79 Å². The van der Waals surface area contributed by atoms with Crippen LogP contribution in [0.2, 0.25) is 0 Å². The van der Waals surface area contributed by atoms with Crippen molar-refractivity contribution in [1.82, 2.24) is 5.32 Å². The van der Waals surface area contributed by atoms with Gasteiger partial charge in [-0.15, -0.1) is 0 Å². The Hall–Kier alpha value is -2.25. The van der Waals surface area contributed by atoms with Crippen molar-refractivity contribution < 1.29 is 32.2 Å². The van der Waals surface area contributed by atoms with E-state index in [1.807, 2.05) is 19.9 Å². The van der Waals surface area contributed by atoms with E-state index in [-0.39, 0.29) is 0 Å². The van der Waals surface area contributed by atoms with Gasteiger partial charge in [-0.2, -0.15) is 13.2 Å². The number of carbonyl (C=O) groups excluding carboxylic acids is 2. The number of rotatable bonds is 6. The molecule has 8 heteroatoms. The Balaban J connectivity index is 2.40. The summed E-state index contributed by atoms with van der Waals surface area (Å²) in [6.07, 6.45) is -5.86. The molecule has 1 rings (SSSR count). The highest BCUT2D eigenvalue weighted by Gasteiger charge is 2.29. The number of alkyl halides is 3. The van der Waals surface area contributed by atoms with Gasteiger partial charge in [0.05, 0.1) is 0 Å². The van der Waals surface area contributed by atoms with E-state index in [4.69, 9.17) is 9.47 Å². The normalized spacial score (nSPS) is 12.4. The van der Waals surface area contributed by atoms with E-state index in [1.54, 1.807) is 17.4 Å². The van der Waals surface area contributed by atoms with E-state index >= 15 is 0 Å². The van der Waals surface area contributed by atoms with Crippen LogP contribution in [0.3, 0.4) is 0 Å². The zero-order valence-corrected chi connectivity index (χ0v) is 13.0. The van der Waals surface area contributed by atoms with Crippen LogP contribution in [-0.4, -0.2) is 37.3 Å². The molecule has 0 aliphatic rings. The zero-order valence-electron chi connectivity index (χ0n) is 13.0. The van der Waals surface area contributed by atoms with E-state index in [0.717, 1.165) is 11.1 Å².